The first-order valence-electron chi connectivity index (χ1n) is 8.82. The molecule has 0 radical (unpaired) electrons. The summed E-state index contributed by atoms with van der Waals surface area (Å²) < 4.78 is 25.0. The van der Waals surface area contributed by atoms with Gasteiger partial charge in [0.2, 0.25) is 5.91 Å². The lowest BCUT2D eigenvalue weighted by atomic mass is 9.76. The second-order valence-electron chi connectivity index (χ2n) is 6.95. The molecule has 0 aromatic heterocycles. The van der Waals surface area contributed by atoms with E-state index in [4.69, 9.17) is 9.47 Å². The highest BCUT2D eigenvalue weighted by Gasteiger charge is 2.43. The molecular weight excluding hydrogens is 309 g/mol. The van der Waals surface area contributed by atoms with Crippen LogP contribution >= 0.6 is 0 Å². The molecule has 1 atom stereocenters. The predicted octanol–water partition coefficient (Wildman–Crippen LogP) is 2.80. The van der Waals surface area contributed by atoms with Crippen LogP contribution < -0.4 is 0 Å². The molecule has 0 N–H and O–H groups in total. The summed E-state index contributed by atoms with van der Waals surface area (Å²) in [6.45, 7) is 5.60. The van der Waals surface area contributed by atoms with Gasteiger partial charge < -0.3 is 14.4 Å². The Bertz CT molecular complexity index is 569. The van der Waals surface area contributed by atoms with Crippen LogP contribution in [0.4, 0.5) is 4.39 Å². The molecule has 2 aliphatic rings. The van der Waals surface area contributed by atoms with E-state index in [9.17, 15) is 9.18 Å². The average molecular weight is 335 g/mol. The maximum Gasteiger partial charge on any atom is 0.227 e. The van der Waals surface area contributed by atoms with Gasteiger partial charge in [0.1, 0.15) is 5.82 Å². The summed E-state index contributed by atoms with van der Waals surface area (Å²) in [5, 5.41) is 0. The smallest absolute Gasteiger partial charge is 0.227 e. The number of piperidine rings is 1. The van der Waals surface area contributed by atoms with Gasteiger partial charge >= 0.3 is 0 Å². The lowest BCUT2D eigenvalue weighted by molar-refractivity contribution is -0.132. The average Bonchev–Trinajstić information content (AvgIpc) is 2.98. The number of nitrogens with zero attached hydrogens (tertiary/aromatic N) is 1. The number of amides is 1. The molecule has 2 aliphatic heterocycles. The number of halogens is 1. The standard InChI is InChI=1S/C19H26FNO3/c1-2-23-13-16-12-19(14-24-16)7-9-21(10-8-19)18(22)11-15-5-3-4-6-17(15)20/h3-6,16H,2,7-14H2,1H3. The molecule has 3 rings (SSSR count). The zero-order chi connectivity index (χ0) is 17.0. The molecule has 4 nitrogen and oxygen atoms in total. The number of benzene rings is 1. The first-order chi connectivity index (χ1) is 11.6. The highest BCUT2D eigenvalue weighted by Crippen LogP contribution is 2.42. The Balaban J connectivity index is 1.50. The first-order valence-corrected chi connectivity index (χ1v) is 8.82. The van der Waals surface area contributed by atoms with Gasteiger partial charge in [-0.15, -0.1) is 0 Å². The van der Waals surface area contributed by atoms with Gasteiger partial charge in [0.25, 0.3) is 0 Å². The largest absolute Gasteiger partial charge is 0.379 e. The lowest BCUT2D eigenvalue weighted by Gasteiger charge is -2.38. The number of carbonyl (C=O) groups excluding carboxylic acids is 1. The second kappa shape index (κ2) is 7.62. The van der Waals surface area contributed by atoms with Crippen molar-refractivity contribution in [2.24, 2.45) is 5.41 Å². The fraction of sp³-hybridized carbons (Fsp3) is 0.632. The molecule has 1 unspecified atom stereocenters. The van der Waals surface area contributed by atoms with Crippen molar-refractivity contribution < 1.29 is 18.7 Å². The van der Waals surface area contributed by atoms with Gasteiger partial charge in [-0.1, -0.05) is 18.2 Å². The van der Waals surface area contributed by atoms with E-state index >= 15 is 0 Å². The number of rotatable bonds is 5. The second-order valence-corrected chi connectivity index (χ2v) is 6.95. The molecule has 1 amide bonds. The van der Waals surface area contributed by atoms with Crippen molar-refractivity contribution in [3.05, 3.63) is 35.6 Å². The highest BCUT2D eigenvalue weighted by atomic mass is 19.1. The number of likely N-dealkylation sites (tertiary alicyclic amines) is 1. The van der Waals surface area contributed by atoms with Crippen LogP contribution in [0.25, 0.3) is 0 Å². The predicted molar refractivity (Wildman–Crippen MR) is 89.2 cm³/mol. The van der Waals surface area contributed by atoms with Crippen molar-refractivity contribution in [1.82, 2.24) is 4.90 Å². The Kier molecular flexibility index (Phi) is 5.51. The van der Waals surface area contributed by atoms with E-state index < -0.39 is 0 Å². The van der Waals surface area contributed by atoms with E-state index in [1.807, 2.05) is 11.8 Å². The summed E-state index contributed by atoms with van der Waals surface area (Å²) in [7, 11) is 0. The fourth-order valence-corrected chi connectivity index (χ4v) is 3.75. The molecule has 2 saturated heterocycles. The SMILES string of the molecule is CCOCC1CC2(CCN(C(=O)Cc3ccccc3F)CC2)CO1. The van der Waals surface area contributed by atoms with Crippen LogP contribution in [0.5, 0.6) is 0 Å². The van der Waals surface area contributed by atoms with E-state index in [1.54, 1.807) is 18.2 Å². The quantitative estimate of drug-likeness (QED) is 0.830. The molecule has 1 aromatic rings. The van der Waals surface area contributed by atoms with Gasteiger partial charge in [0.15, 0.2) is 0 Å². The Morgan fingerprint density at radius 1 is 1.38 bits per heavy atom. The van der Waals surface area contributed by atoms with E-state index in [-0.39, 0.29) is 29.7 Å². The fourth-order valence-electron chi connectivity index (χ4n) is 3.75. The zero-order valence-electron chi connectivity index (χ0n) is 14.3. The number of hydrogen-bond donors (Lipinski definition) is 0. The van der Waals surface area contributed by atoms with Gasteiger partial charge in [-0.25, -0.2) is 4.39 Å². The van der Waals surface area contributed by atoms with Crippen LogP contribution in [-0.2, 0) is 20.7 Å². The Hall–Kier alpha value is -1.46. The third kappa shape index (κ3) is 3.95. The van der Waals surface area contributed by atoms with Crippen molar-refractivity contribution in [2.45, 2.75) is 38.7 Å². The van der Waals surface area contributed by atoms with Crippen LogP contribution in [0.1, 0.15) is 31.7 Å². The van der Waals surface area contributed by atoms with Crippen molar-refractivity contribution in [2.75, 3.05) is 32.9 Å². The summed E-state index contributed by atoms with van der Waals surface area (Å²) in [6, 6.07) is 6.50. The van der Waals surface area contributed by atoms with E-state index in [1.165, 1.54) is 6.07 Å². The summed E-state index contributed by atoms with van der Waals surface area (Å²) in [5.41, 5.74) is 0.667. The minimum absolute atomic E-state index is 0.0136. The van der Waals surface area contributed by atoms with Crippen molar-refractivity contribution >= 4 is 5.91 Å². The highest BCUT2D eigenvalue weighted by molar-refractivity contribution is 5.78. The van der Waals surface area contributed by atoms with Gasteiger partial charge in [0.05, 0.1) is 25.7 Å². The Morgan fingerprint density at radius 2 is 2.12 bits per heavy atom. The maximum absolute atomic E-state index is 13.7. The van der Waals surface area contributed by atoms with Crippen molar-refractivity contribution in [3.8, 4) is 0 Å². The molecule has 2 fully saturated rings. The van der Waals surface area contributed by atoms with Crippen LogP contribution in [0.15, 0.2) is 24.3 Å². The van der Waals surface area contributed by atoms with Crippen LogP contribution in [0.3, 0.4) is 0 Å². The summed E-state index contributed by atoms with van der Waals surface area (Å²) in [5.74, 6) is -0.290. The third-order valence-corrected chi connectivity index (χ3v) is 5.27. The number of ether oxygens (including phenoxy) is 2. The summed E-state index contributed by atoms with van der Waals surface area (Å²) >= 11 is 0. The lowest BCUT2D eigenvalue weighted by Crippen LogP contribution is -2.44. The zero-order valence-corrected chi connectivity index (χ0v) is 14.3. The minimum Gasteiger partial charge on any atom is -0.379 e. The number of carbonyl (C=O) groups is 1. The van der Waals surface area contributed by atoms with Gasteiger partial charge in [0, 0.05) is 19.7 Å². The molecule has 1 spiro atoms. The maximum atomic E-state index is 13.7. The van der Waals surface area contributed by atoms with Crippen molar-refractivity contribution in [3.63, 3.8) is 0 Å². The van der Waals surface area contributed by atoms with Crippen LogP contribution in [0, 0.1) is 11.2 Å². The van der Waals surface area contributed by atoms with E-state index in [0.29, 0.717) is 18.8 Å². The molecule has 5 heteroatoms. The molecule has 0 saturated carbocycles. The molecule has 0 bridgehead atoms. The van der Waals surface area contributed by atoms with Crippen LogP contribution in [0.2, 0.25) is 0 Å². The molecule has 1 aromatic carbocycles. The normalized spacial score (nSPS) is 22.9. The van der Waals surface area contributed by atoms with Crippen molar-refractivity contribution in [1.29, 1.82) is 0 Å². The first kappa shape index (κ1) is 17.4. The van der Waals surface area contributed by atoms with Gasteiger partial charge in [-0.2, -0.15) is 0 Å². The van der Waals surface area contributed by atoms with Gasteiger partial charge in [-0.05, 0) is 43.2 Å². The number of hydrogen-bond acceptors (Lipinski definition) is 3. The molecule has 132 valence electrons. The third-order valence-electron chi connectivity index (χ3n) is 5.27. The molecule has 2 heterocycles. The Labute approximate surface area is 142 Å². The summed E-state index contributed by atoms with van der Waals surface area (Å²) in [6.07, 6.45) is 3.26. The van der Waals surface area contributed by atoms with Crippen LogP contribution in [-0.4, -0.2) is 49.8 Å². The summed E-state index contributed by atoms with van der Waals surface area (Å²) in [4.78, 5) is 14.3. The topological polar surface area (TPSA) is 38.8 Å². The van der Waals surface area contributed by atoms with E-state index in [0.717, 1.165) is 39.0 Å². The Morgan fingerprint density at radius 3 is 2.83 bits per heavy atom. The molecular formula is C19H26FNO3. The van der Waals surface area contributed by atoms with E-state index in [2.05, 4.69) is 0 Å². The van der Waals surface area contributed by atoms with Gasteiger partial charge in [-0.3, -0.25) is 4.79 Å². The minimum atomic E-state index is -0.303. The molecule has 0 aliphatic carbocycles. The molecule has 24 heavy (non-hydrogen) atoms. The monoisotopic (exact) mass is 335 g/mol.